The van der Waals surface area contributed by atoms with Crippen molar-refractivity contribution >= 4 is 34.8 Å². The van der Waals surface area contributed by atoms with E-state index in [1.54, 1.807) is 59.5 Å². The van der Waals surface area contributed by atoms with Gasteiger partial charge in [-0.15, -0.1) is 0 Å². The number of carbonyl (C=O) groups is 3. The zero-order valence-corrected chi connectivity index (χ0v) is 27.6. The molecule has 49 heavy (non-hydrogen) atoms. The Morgan fingerprint density at radius 2 is 1.82 bits per heavy atom. The Morgan fingerprint density at radius 1 is 1.04 bits per heavy atom. The number of primary amides is 1. The van der Waals surface area contributed by atoms with Crippen LogP contribution in [0.3, 0.4) is 0 Å². The molecule has 0 bridgehead atoms. The van der Waals surface area contributed by atoms with Crippen LogP contribution in [0.5, 0.6) is 0 Å². The largest absolute Gasteiger partial charge is 0.381 e. The molecule has 1 aliphatic rings. The van der Waals surface area contributed by atoms with Crippen LogP contribution in [0.4, 0.5) is 10.1 Å². The lowest BCUT2D eigenvalue weighted by Gasteiger charge is -2.29. The average Bonchev–Trinajstić information content (AvgIpc) is 3.55. The molecule has 3 aromatic carbocycles. The third kappa shape index (κ3) is 7.22. The summed E-state index contributed by atoms with van der Waals surface area (Å²) in [4.78, 5) is 44.7. The van der Waals surface area contributed by atoms with Crippen LogP contribution in [0.1, 0.15) is 74.6 Å². The number of aryl methyl sites for hydroxylation is 2. The highest BCUT2D eigenvalue weighted by atomic mass is 19.1. The fourth-order valence-electron chi connectivity index (χ4n) is 6.35. The molecule has 0 radical (unpaired) electrons. The van der Waals surface area contributed by atoms with E-state index in [1.807, 2.05) is 24.7 Å². The normalized spacial score (nSPS) is 13.4. The van der Waals surface area contributed by atoms with E-state index in [0.29, 0.717) is 54.0 Å². The van der Waals surface area contributed by atoms with Gasteiger partial charge in [0.15, 0.2) is 5.65 Å². The Morgan fingerprint density at radius 3 is 2.55 bits per heavy atom. The summed E-state index contributed by atoms with van der Waals surface area (Å²) in [6.07, 6.45) is 4.81. The number of nitrogens with two attached hydrogens (primary N) is 1. The maximum Gasteiger partial charge on any atom is 0.254 e. The number of carbonyl (C=O) groups excluding carboxylic acids is 3. The van der Waals surface area contributed by atoms with Crippen LogP contribution >= 0.6 is 0 Å². The van der Waals surface area contributed by atoms with Crippen LogP contribution in [-0.2, 0) is 30.8 Å². The molecule has 252 valence electrons. The van der Waals surface area contributed by atoms with Crippen LogP contribution in [0.15, 0.2) is 72.9 Å². The summed E-state index contributed by atoms with van der Waals surface area (Å²) in [5.41, 5.74) is 11.4. The van der Waals surface area contributed by atoms with E-state index >= 15 is 4.39 Å². The lowest BCUT2D eigenvalue weighted by Crippen LogP contribution is -2.33. The van der Waals surface area contributed by atoms with Crippen LogP contribution in [0, 0.1) is 5.82 Å². The Bertz CT molecular complexity index is 2020. The monoisotopic (exact) mass is 662 g/mol. The summed E-state index contributed by atoms with van der Waals surface area (Å²) >= 11 is 0. The molecule has 0 spiro atoms. The minimum absolute atomic E-state index is 0.117. The first kappa shape index (κ1) is 33.5. The van der Waals surface area contributed by atoms with Gasteiger partial charge in [-0.3, -0.25) is 14.4 Å². The summed E-state index contributed by atoms with van der Waals surface area (Å²) in [5, 5.41) is 9.25. The number of anilines is 1. The predicted molar refractivity (Wildman–Crippen MR) is 186 cm³/mol. The number of aromatic nitrogens is 3. The number of ether oxygens (including phenoxy) is 1. The molecule has 1 saturated heterocycles. The van der Waals surface area contributed by atoms with Crippen molar-refractivity contribution in [2.24, 2.45) is 5.73 Å². The number of hydrogen-bond acceptors (Lipinski definition) is 7. The first-order valence-electron chi connectivity index (χ1n) is 16.5. The van der Waals surface area contributed by atoms with Gasteiger partial charge in [0, 0.05) is 65.9 Å². The molecule has 3 heterocycles. The third-order valence-corrected chi connectivity index (χ3v) is 8.94. The Balaban J connectivity index is 1.46. The predicted octanol–water partition coefficient (Wildman–Crippen LogP) is 6.16. The van der Waals surface area contributed by atoms with Crippen molar-refractivity contribution in [1.29, 1.82) is 0 Å². The second-order valence-corrected chi connectivity index (χ2v) is 12.2. The van der Waals surface area contributed by atoms with Gasteiger partial charge in [0.25, 0.3) is 5.91 Å². The number of halogens is 1. The summed E-state index contributed by atoms with van der Waals surface area (Å²) < 4.78 is 22.7. The molecular weight excluding hydrogens is 623 g/mol. The number of hydrogen-bond donors (Lipinski definition) is 2. The van der Waals surface area contributed by atoms with Crippen molar-refractivity contribution in [2.75, 3.05) is 18.5 Å². The van der Waals surface area contributed by atoms with Gasteiger partial charge in [-0.25, -0.2) is 14.1 Å². The lowest BCUT2D eigenvalue weighted by molar-refractivity contribution is 0.0729. The number of nitrogens with one attached hydrogen (secondary N) is 1. The van der Waals surface area contributed by atoms with Gasteiger partial charge >= 0.3 is 0 Å². The van der Waals surface area contributed by atoms with Gasteiger partial charge in [-0.05, 0) is 73.7 Å². The molecule has 11 heteroatoms. The first-order chi connectivity index (χ1) is 23.8. The molecule has 2 aromatic heterocycles. The maximum absolute atomic E-state index is 15.2. The molecule has 0 unspecified atom stereocenters. The minimum atomic E-state index is -0.638. The summed E-state index contributed by atoms with van der Waals surface area (Å²) in [7, 11) is 0. The van der Waals surface area contributed by atoms with E-state index in [1.165, 1.54) is 12.1 Å². The number of nitrogens with zero attached hydrogens (tertiary/aromatic N) is 4. The van der Waals surface area contributed by atoms with Gasteiger partial charge in [0.05, 0.1) is 23.8 Å². The zero-order chi connectivity index (χ0) is 34.5. The molecule has 0 aliphatic carbocycles. The number of aldehydes is 1. The topological polar surface area (TPSA) is 132 Å². The van der Waals surface area contributed by atoms with Crippen molar-refractivity contribution in [2.45, 2.75) is 58.8 Å². The van der Waals surface area contributed by atoms with Crippen LogP contribution in [0.2, 0.25) is 0 Å². The van der Waals surface area contributed by atoms with Gasteiger partial charge < -0.3 is 20.7 Å². The number of fused-ring (bicyclic) bond motifs is 1. The Hall–Kier alpha value is -5.42. The molecule has 1 fully saturated rings. The molecule has 10 nitrogen and oxygen atoms in total. The SMILES string of the molecule is CCc1nc2c(cnn2CC)c(NC2CCOCC2)c1CN(Cc1ccc(F)c(-c2cccc(C=O)c2)c1)C(=O)c1cccc(C(N)=O)c1. The first-order valence-corrected chi connectivity index (χ1v) is 16.5. The Kier molecular flexibility index (Phi) is 10.1. The zero-order valence-electron chi connectivity index (χ0n) is 27.6. The molecular formula is C38H39FN6O4. The number of amides is 2. The molecule has 5 aromatic rings. The van der Waals surface area contributed by atoms with Gasteiger partial charge in [0.2, 0.25) is 5.91 Å². The van der Waals surface area contributed by atoms with E-state index in [9.17, 15) is 14.4 Å². The minimum Gasteiger partial charge on any atom is -0.381 e. The molecule has 6 rings (SSSR count). The summed E-state index contributed by atoms with van der Waals surface area (Å²) in [6, 6.07) is 18.0. The number of benzene rings is 3. The van der Waals surface area contributed by atoms with Crippen LogP contribution < -0.4 is 11.1 Å². The molecule has 0 saturated carbocycles. The van der Waals surface area contributed by atoms with Crippen molar-refractivity contribution in [1.82, 2.24) is 19.7 Å². The highest BCUT2D eigenvalue weighted by Crippen LogP contribution is 2.33. The molecule has 2 amide bonds. The van der Waals surface area contributed by atoms with Gasteiger partial charge in [0.1, 0.15) is 12.1 Å². The van der Waals surface area contributed by atoms with E-state index in [-0.39, 0.29) is 30.6 Å². The highest BCUT2D eigenvalue weighted by molar-refractivity contribution is 5.99. The lowest BCUT2D eigenvalue weighted by atomic mass is 9.99. The summed E-state index contributed by atoms with van der Waals surface area (Å²) in [6.45, 7) is 6.29. The standard InChI is InChI=1S/C38H39FN6O4/c1-3-34-32(35(42-29-13-15-49-16-14-29)31-20-41-45(4-2)37(31)43-34)22-44(38(48)28-10-6-9-27(19-28)36(40)47)21-24-11-12-33(39)30(18-24)26-8-5-7-25(17-26)23-46/h5-12,17-20,23,29H,3-4,13-16,21-22H2,1-2H3,(H2,40,47)(H,42,43). The van der Waals surface area contributed by atoms with Crippen molar-refractivity contribution in [3.63, 3.8) is 0 Å². The smallest absolute Gasteiger partial charge is 0.254 e. The molecule has 1 aliphatic heterocycles. The molecule has 3 N–H and O–H groups in total. The number of pyridine rings is 1. The maximum atomic E-state index is 15.2. The highest BCUT2D eigenvalue weighted by Gasteiger charge is 2.26. The fraction of sp³-hybridized carbons (Fsp3) is 0.289. The van der Waals surface area contributed by atoms with E-state index in [0.717, 1.165) is 47.1 Å². The van der Waals surface area contributed by atoms with Crippen molar-refractivity contribution in [3.05, 3.63) is 112 Å². The summed E-state index contributed by atoms with van der Waals surface area (Å²) in [5.74, 6) is -1.42. The van der Waals surface area contributed by atoms with Crippen molar-refractivity contribution < 1.29 is 23.5 Å². The van der Waals surface area contributed by atoms with Gasteiger partial charge in [-0.2, -0.15) is 5.10 Å². The van der Waals surface area contributed by atoms with Gasteiger partial charge in [-0.1, -0.05) is 37.3 Å². The quantitative estimate of drug-likeness (QED) is 0.153. The second kappa shape index (κ2) is 14.8. The van der Waals surface area contributed by atoms with E-state index in [4.69, 9.17) is 15.5 Å². The van der Waals surface area contributed by atoms with Crippen molar-refractivity contribution in [3.8, 4) is 11.1 Å². The second-order valence-electron chi connectivity index (χ2n) is 12.2. The third-order valence-electron chi connectivity index (χ3n) is 8.94. The molecule has 0 atom stereocenters. The Labute approximate surface area is 284 Å². The number of rotatable bonds is 12. The van der Waals surface area contributed by atoms with Crippen LogP contribution in [-0.4, -0.2) is 57.0 Å². The van der Waals surface area contributed by atoms with E-state index < -0.39 is 11.7 Å². The van der Waals surface area contributed by atoms with E-state index in [2.05, 4.69) is 10.4 Å². The van der Waals surface area contributed by atoms with Crippen LogP contribution in [0.25, 0.3) is 22.2 Å². The fourth-order valence-corrected chi connectivity index (χ4v) is 6.35. The average molecular weight is 663 g/mol.